The summed E-state index contributed by atoms with van der Waals surface area (Å²) in [5.41, 5.74) is 4.95. The summed E-state index contributed by atoms with van der Waals surface area (Å²) >= 11 is 0. The van der Waals surface area contributed by atoms with E-state index in [0.29, 0.717) is 12.1 Å². The molecule has 104 valence electrons. The number of nitro groups is 1. The van der Waals surface area contributed by atoms with Crippen LogP contribution in [0.1, 0.15) is 25.7 Å². The van der Waals surface area contributed by atoms with Gasteiger partial charge < -0.3 is 11.1 Å². The zero-order valence-electron chi connectivity index (χ0n) is 10.2. The van der Waals surface area contributed by atoms with Gasteiger partial charge in [0.1, 0.15) is 5.69 Å². The molecule has 0 heterocycles. The third kappa shape index (κ3) is 2.98. The van der Waals surface area contributed by atoms with E-state index in [1.807, 2.05) is 0 Å². The minimum atomic E-state index is -0.968. The molecule has 0 radical (unpaired) electrons. The van der Waals surface area contributed by atoms with Gasteiger partial charge >= 0.3 is 0 Å². The van der Waals surface area contributed by atoms with Crippen LogP contribution in [0.3, 0.4) is 0 Å². The number of halogens is 2. The number of nitrogens with zero attached hydrogens (tertiary/aromatic N) is 1. The first-order chi connectivity index (χ1) is 8.99. The van der Waals surface area contributed by atoms with Gasteiger partial charge in [0.2, 0.25) is 0 Å². The number of benzene rings is 1. The van der Waals surface area contributed by atoms with E-state index >= 15 is 0 Å². The normalized spacial score (nSPS) is 23.1. The smallest absolute Gasteiger partial charge is 0.275 e. The van der Waals surface area contributed by atoms with Crippen LogP contribution in [0, 0.1) is 21.7 Å². The highest BCUT2D eigenvalue weighted by atomic mass is 19.1. The Kier molecular flexibility index (Phi) is 3.94. The highest BCUT2D eigenvalue weighted by molar-refractivity contribution is 5.52. The summed E-state index contributed by atoms with van der Waals surface area (Å²) in [6.07, 6.45) is 3.48. The van der Waals surface area contributed by atoms with E-state index in [1.165, 1.54) is 0 Å². The van der Waals surface area contributed by atoms with Gasteiger partial charge in [-0.05, 0) is 12.8 Å². The Morgan fingerprint density at radius 1 is 1.26 bits per heavy atom. The summed E-state index contributed by atoms with van der Waals surface area (Å²) in [5, 5.41) is 13.2. The molecule has 1 saturated carbocycles. The number of non-ortho nitro benzene ring substituents is 1. The van der Waals surface area contributed by atoms with Crippen LogP contribution in [0.4, 0.5) is 20.2 Å². The molecular weight excluding hydrogens is 256 g/mol. The average molecular weight is 271 g/mol. The lowest BCUT2D eigenvalue weighted by molar-refractivity contribution is -0.385. The van der Waals surface area contributed by atoms with E-state index in [9.17, 15) is 18.9 Å². The first-order valence-electron chi connectivity index (χ1n) is 6.14. The van der Waals surface area contributed by atoms with E-state index in [0.717, 1.165) is 25.7 Å². The molecule has 7 heteroatoms. The zero-order valence-corrected chi connectivity index (χ0v) is 10.2. The van der Waals surface area contributed by atoms with Crippen molar-refractivity contribution in [2.24, 2.45) is 5.73 Å². The number of rotatable bonds is 3. The van der Waals surface area contributed by atoms with E-state index < -0.39 is 22.2 Å². The minimum Gasteiger partial charge on any atom is -0.376 e. The molecule has 0 amide bonds. The van der Waals surface area contributed by atoms with Gasteiger partial charge in [0.15, 0.2) is 11.6 Å². The van der Waals surface area contributed by atoms with E-state index in [2.05, 4.69) is 5.32 Å². The average Bonchev–Trinajstić information content (AvgIpc) is 2.35. The first-order valence-corrected chi connectivity index (χ1v) is 6.14. The van der Waals surface area contributed by atoms with Crippen LogP contribution in [-0.2, 0) is 0 Å². The van der Waals surface area contributed by atoms with Crippen LogP contribution in [-0.4, -0.2) is 17.0 Å². The zero-order chi connectivity index (χ0) is 14.0. The van der Waals surface area contributed by atoms with Crippen LogP contribution in [0.25, 0.3) is 0 Å². The van der Waals surface area contributed by atoms with Gasteiger partial charge in [-0.3, -0.25) is 10.1 Å². The van der Waals surface area contributed by atoms with Gasteiger partial charge in [-0.25, -0.2) is 8.78 Å². The number of nitrogens with two attached hydrogens (primary N) is 1. The highest BCUT2D eigenvalue weighted by Gasteiger charge is 2.25. The van der Waals surface area contributed by atoms with Gasteiger partial charge in [-0.2, -0.15) is 0 Å². The quantitative estimate of drug-likeness (QED) is 0.654. The largest absolute Gasteiger partial charge is 0.376 e. The first kappa shape index (κ1) is 13.7. The second kappa shape index (κ2) is 5.48. The molecule has 2 unspecified atom stereocenters. The molecule has 1 aromatic rings. The number of nitro benzene ring substituents is 1. The Labute approximate surface area is 108 Å². The third-order valence-electron chi connectivity index (χ3n) is 3.39. The van der Waals surface area contributed by atoms with Crippen LogP contribution in [0.15, 0.2) is 12.1 Å². The third-order valence-corrected chi connectivity index (χ3v) is 3.39. The SMILES string of the molecule is NC1CCCCC1Nc1c(F)cc([N+](=O)[O-])cc1F. The molecule has 2 atom stereocenters. The van der Waals surface area contributed by atoms with Crippen molar-refractivity contribution in [1.29, 1.82) is 0 Å². The fourth-order valence-electron chi connectivity index (χ4n) is 2.33. The molecule has 0 saturated heterocycles. The Bertz CT molecular complexity index is 473. The lowest BCUT2D eigenvalue weighted by Crippen LogP contribution is -2.42. The molecule has 19 heavy (non-hydrogen) atoms. The van der Waals surface area contributed by atoms with Gasteiger partial charge in [0.25, 0.3) is 5.69 Å². The molecule has 0 spiro atoms. The van der Waals surface area contributed by atoms with Crippen LogP contribution in [0.5, 0.6) is 0 Å². The number of hydrogen-bond donors (Lipinski definition) is 2. The summed E-state index contributed by atoms with van der Waals surface area (Å²) in [6, 6.07) is 1.04. The topological polar surface area (TPSA) is 81.2 Å². The minimum absolute atomic E-state index is 0.164. The Morgan fingerprint density at radius 2 is 1.84 bits per heavy atom. The lowest BCUT2D eigenvalue weighted by atomic mass is 9.91. The molecule has 5 nitrogen and oxygen atoms in total. The molecule has 1 aromatic carbocycles. The van der Waals surface area contributed by atoms with E-state index in [4.69, 9.17) is 5.73 Å². The molecule has 1 aliphatic rings. The second-order valence-electron chi connectivity index (χ2n) is 4.74. The summed E-state index contributed by atoms with van der Waals surface area (Å²) < 4.78 is 27.4. The van der Waals surface area contributed by atoms with Gasteiger partial charge in [0.05, 0.1) is 17.1 Å². The number of anilines is 1. The monoisotopic (exact) mass is 271 g/mol. The molecular formula is C12H15F2N3O2. The molecule has 3 N–H and O–H groups in total. The maximum absolute atomic E-state index is 13.7. The van der Waals surface area contributed by atoms with Crippen molar-refractivity contribution in [2.75, 3.05) is 5.32 Å². The van der Waals surface area contributed by atoms with Crippen LogP contribution in [0.2, 0.25) is 0 Å². The van der Waals surface area contributed by atoms with Crippen molar-refractivity contribution in [3.05, 3.63) is 33.9 Å². The molecule has 0 aromatic heterocycles. The van der Waals surface area contributed by atoms with Gasteiger partial charge in [-0.15, -0.1) is 0 Å². The second-order valence-corrected chi connectivity index (χ2v) is 4.74. The predicted molar refractivity (Wildman–Crippen MR) is 66.9 cm³/mol. The van der Waals surface area contributed by atoms with Crippen LogP contribution < -0.4 is 11.1 Å². The summed E-state index contributed by atoms with van der Waals surface area (Å²) in [4.78, 5) is 9.66. The van der Waals surface area contributed by atoms with Crippen molar-refractivity contribution in [1.82, 2.24) is 0 Å². The number of nitrogens with one attached hydrogen (secondary N) is 1. The maximum atomic E-state index is 13.7. The molecule has 0 aliphatic heterocycles. The number of hydrogen-bond acceptors (Lipinski definition) is 4. The molecule has 2 rings (SSSR count). The van der Waals surface area contributed by atoms with Crippen LogP contribution >= 0.6 is 0 Å². The van der Waals surface area contributed by atoms with Crippen molar-refractivity contribution in [2.45, 2.75) is 37.8 Å². The summed E-state index contributed by atoms with van der Waals surface area (Å²) in [6.45, 7) is 0. The van der Waals surface area contributed by atoms with Crippen molar-refractivity contribution in [3.8, 4) is 0 Å². The maximum Gasteiger partial charge on any atom is 0.275 e. The molecule has 1 fully saturated rings. The summed E-state index contributed by atoms with van der Waals surface area (Å²) in [5.74, 6) is -1.94. The Morgan fingerprint density at radius 3 is 2.37 bits per heavy atom. The van der Waals surface area contributed by atoms with Crippen molar-refractivity contribution >= 4 is 11.4 Å². The van der Waals surface area contributed by atoms with E-state index in [-0.39, 0.29) is 17.8 Å². The standard InChI is InChI=1S/C12H15F2N3O2/c13-8-5-7(17(18)19)6-9(14)12(8)16-11-4-2-1-3-10(11)15/h5-6,10-11,16H,1-4,15H2. The fourth-order valence-corrected chi connectivity index (χ4v) is 2.33. The highest BCUT2D eigenvalue weighted by Crippen LogP contribution is 2.28. The molecule has 1 aliphatic carbocycles. The Balaban J connectivity index is 2.22. The van der Waals surface area contributed by atoms with Crippen molar-refractivity contribution < 1.29 is 13.7 Å². The summed E-state index contributed by atoms with van der Waals surface area (Å²) in [7, 11) is 0. The molecule has 0 bridgehead atoms. The van der Waals surface area contributed by atoms with E-state index in [1.54, 1.807) is 0 Å². The fraction of sp³-hybridized carbons (Fsp3) is 0.500. The Hall–Kier alpha value is -1.76. The van der Waals surface area contributed by atoms with Gasteiger partial charge in [-0.1, -0.05) is 12.8 Å². The van der Waals surface area contributed by atoms with Gasteiger partial charge in [0, 0.05) is 12.1 Å². The lowest BCUT2D eigenvalue weighted by Gasteiger charge is -2.30. The predicted octanol–water partition coefficient (Wildman–Crippen LogP) is 2.55. The van der Waals surface area contributed by atoms with Crippen molar-refractivity contribution in [3.63, 3.8) is 0 Å².